The van der Waals surface area contributed by atoms with E-state index in [1.165, 1.54) is 4.90 Å². The normalized spacial score (nSPS) is 16.6. The molecule has 0 aliphatic carbocycles. The van der Waals surface area contributed by atoms with Crippen LogP contribution in [0.5, 0.6) is 11.5 Å². The number of nitrogens with zero attached hydrogens (tertiary/aromatic N) is 3. The van der Waals surface area contributed by atoms with Crippen LogP contribution in [0, 0.1) is 0 Å². The van der Waals surface area contributed by atoms with Gasteiger partial charge in [0.25, 0.3) is 11.8 Å². The maximum absolute atomic E-state index is 12.4. The Morgan fingerprint density at radius 2 is 1.45 bits per heavy atom. The molecule has 0 atom stereocenters. The van der Waals surface area contributed by atoms with Gasteiger partial charge >= 0.3 is 0 Å². The molecule has 7 nitrogen and oxygen atoms in total. The van der Waals surface area contributed by atoms with Crippen molar-refractivity contribution >= 4 is 17.5 Å². The first-order valence-corrected chi connectivity index (χ1v) is 10.8. The van der Waals surface area contributed by atoms with Crippen LogP contribution in [-0.2, 0) is 0 Å². The van der Waals surface area contributed by atoms with Gasteiger partial charge in [0.2, 0.25) is 0 Å². The number of amides is 2. The highest BCUT2D eigenvalue weighted by Gasteiger charge is 2.34. The van der Waals surface area contributed by atoms with Crippen molar-refractivity contribution in [2.24, 2.45) is 0 Å². The van der Waals surface area contributed by atoms with Crippen molar-refractivity contribution in [1.82, 2.24) is 9.80 Å². The van der Waals surface area contributed by atoms with Crippen LogP contribution in [0.4, 0.5) is 5.69 Å². The van der Waals surface area contributed by atoms with E-state index in [4.69, 9.17) is 9.47 Å². The third kappa shape index (κ3) is 4.37. The number of fused-ring (bicyclic) bond motifs is 1. The Bertz CT molecular complexity index is 919. The highest BCUT2D eigenvalue weighted by molar-refractivity contribution is 6.21. The van der Waals surface area contributed by atoms with Gasteiger partial charge in [-0.25, -0.2) is 0 Å². The second-order valence-corrected chi connectivity index (χ2v) is 7.88. The molecule has 0 unspecified atom stereocenters. The second-order valence-electron chi connectivity index (χ2n) is 7.88. The molecule has 31 heavy (non-hydrogen) atoms. The summed E-state index contributed by atoms with van der Waals surface area (Å²) in [6.45, 7) is 5.21. The van der Waals surface area contributed by atoms with Gasteiger partial charge in [-0.3, -0.25) is 19.4 Å². The lowest BCUT2D eigenvalue weighted by Crippen LogP contribution is -2.46. The molecule has 2 aliphatic heterocycles. The molecule has 1 saturated heterocycles. The summed E-state index contributed by atoms with van der Waals surface area (Å²) in [5.41, 5.74) is 2.11. The predicted molar refractivity (Wildman–Crippen MR) is 119 cm³/mol. The number of benzene rings is 2. The zero-order valence-electron chi connectivity index (χ0n) is 18.2. The van der Waals surface area contributed by atoms with Gasteiger partial charge in [-0.05, 0) is 43.7 Å². The molecule has 164 valence electrons. The number of ether oxygens (including phenoxy) is 2. The molecule has 2 aromatic rings. The van der Waals surface area contributed by atoms with Crippen molar-refractivity contribution in [3.63, 3.8) is 0 Å². The molecular formula is C24H29N3O4. The number of methoxy groups -OCH3 is 2. The van der Waals surface area contributed by atoms with Crippen LogP contribution in [0.1, 0.15) is 33.6 Å². The Labute approximate surface area is 183 Å². The summed E-state index contributed by atoms with van der Waals surface area (Å²) in [4.78, 5) is 31.0. The van der Waals surface area contributed by atoms with E-state index < -0.39 is 0 Å². The summed E-state index contributed by atoms with van der Waals surface area (Å²) in [6.07, 6.45) is 1.77. The molecular weight excluding hydrogens is 394 g/mol. The number of hydrogen-bond acceptors (Lipinski definition) is 6. The van der Waals surface area contributed by atoms with Crippen molar-refractivity contribution < 1.29 is 19.1 Å². The fraction of sp³-hybridized carbons (Fsp3) is 0.417. The Morgan fingerprint density at radius 1 is 0.806 bits per heavy atom. The summed E-state index contributed by atoms with van der Waals surface area (Å²) >= 11 is 0. The first-order valence-electron chi connectivity index (χ1n) is 10.8. The van der Waals surface area contributed by atoms with E-state index in [0.29, 0.717) is 17.7 Å². The first-order chi connectivity index (χ1) is 15.1. The van der Waals surface area contributed by atoms with Gasteiger partial charge in [0.15, 0.2) is 0 Å². The van der Waals surface area contributed by atoms with Crippen LogP contribution in [-0.4, -0.2) is 75.1 Å². The largest absolute Gasteiger partial charge is 0.497 e. The smallest absolute Gasteiger partial charge is 0.261 e. The van der Waals surface area contributed by atoms with E-state index in [-0.39, 0.29) is 11.8 Å². The Hall–Kier alpha value is -3.06. The molecule has 0 bridgehead atoms. The van der Waals surface area contributed by atoms with Gasteiger partial charge < -0.3 is 14.4 Å². The van der Waals surface area contributed by atoms with Gasteiger partial charge in [0.05, 0.1) is 31.0 Å². The summed E-state index contributed by atoms with van der Waals surface area (Å²) in [7, 11) is 3.36. The van der Waals surface area contributed by atoms with E-state index in [2.05, 4.69) is 9.80 Å². The molecule has 0 saturated carbocycles. The molecule has 2 aromatic carbocycles. The highest BCUT2D eigenvalue weighted by atomic mass is 16.5. The highest BCUT2D eigenvalue weighted by Crippen LogP contribution is 2.33. The van der Waals surface area contributed by atoms with Crippen molar-refractivity contribution in [2.45, 2.75) is 12.8 Å². The first kappa shape index (κ1) is 21.2. The van der Waals surface area contributed by atoms with Crippen LogP contribution in [0.25, 0.3) is 0 Å². The zero-order valence-corrected chi connectivity index (χ0v) is 18.2. The molecule has 0 aromatic heterocycles. The summed E-state index contributed by atoms with van der Waals surface area (Å²) in [5, 5.41) is 0. The maximum Gasteiger partial charge on any atom is 0.261 e. The number of unbranched alkanes of at least 4 members (excludes halogenated alkanes) is 1. The fourth-order valence-electron chi connectivity index (χ4n) is 4.30. The molecule has 4 rings (SSSR count). The van der Waals surface area contributed by atoms with E-state index in [1.54, 1.807) is 38.5 Å². The van der Waals surface area contributed by atoms with Gasteiger partial charge in [0.1, 0.15) is 11.5 Å². The lowest BCUT2D eigenvalue weighted by Gasteiger charge is -2.36. The third-order valence-corrected chi connectivity index (χ3v) is 6.08. The van der Waals surface area contributed by atoms with Crippen molar-refractivity contribution in [1.29, 1.82) is 0 Å². The van der Waals surface area contributed by atoms with E-state index in [1.807, 2.05) is 18.2 Å². The van der Waals surface area contributed by atoms with Gasteiger partial charge in [0, 0.05) is 38.8 Å². The minimum absolute atomic E-state index is 0.165. The van der Waals surface area contributed by atoms with Gasteiger partial charge in [-0.2, -0.15) is 0 Å². The topological polar surface area (TPSA) is 62.3 Å². The number of anilines is 1. The zero-order chi connectivity index (χ0) is 21.8. The SMILES string of the molecule is COc1ccc(OC)c(N2CCN(CCCCN3C(=O)c4ccccc4C3=O)CC2)c1. The van der Waals surface area contributed by atoms with Crippen LogP contribution in [0.3, 0.4) is 0 Å². The summed E-state index contributed by atoms with van der Waals surface area (Å²) < 4.78 is 10.9. The molecule has 7 heteroatoms. The molecule has 0 radical (unpaired) electrons. The predicted octanol–water partition coefficient (Wildman–Crippen LogP) is 2.90. The van der Waals surface area contributed by atoms with Crippen LogP contribution in [0.15, 0.2) is 42.5 Å². The standard InChI is InChI=1S/C24H29N3O4/c1-30-18-9-10-22(31-2)21(17-18)26-15-13-25(14-16-26)11-5-6-12-27-23(28)19-7-3-4-8-20(19)24(27)29/h3-4,7-10,17H,5-6,11-16H2,1-2H3. The lowest BCUT2D eigenvalue weighted by molar-refractivity contribution is 0.0650. The Kier molecular flexibility index (Phi) is 6.42. The molecule has 0 spiro atoms. The Morgan fingerprint density at radius 3 is 2.06 bits per heavy atom. The third-order valence-electron chi connectivity index (χ3n) is 6.08. The fourth-order valence-corrected chi connectivity index (χ4v) is 4.30. The number of hydrogen-bond donors (Lipinski definition) is 0. The average molecular weight is 424 g/mol. The maximum atomic E-state index is 12.4. The minimum atomic E-state index is -0.165. The quantitative estimate of drug-likeness (QED) is 0.481. The van der Waals surface area contributed by atoms with Gasteiger partial charge in [-0.15, -0.1) is 0 Å². The monoisotopic (exact) mass is 423 g/mol. The molecule has 2 heterocycles. The number of rotatable bonds is 8. The van der Waals surface area contributed by atoms with Crippen LogP contribution < -0.4 is 14.4 Å². The molecule has 2 amide bonds. The van der Waals surface area contributed by atoms with Crippen molar-refractivity contribution in [3.8, 4) is 11.5 Å². The number of carbonyl (C=O) groups is 2. The Balaban J connectivity index is 1.23. The van der Waals surface area contributed by atoms with Crippen molar-refractivity contribution in [3.05, 3.63) is 53.6 Å². The van der Waals surface area contributed by atoms with E-state index >= 15 is 0 Å². The van der Waals surface area contributed by atoms with Gasteiger partial charge in [-0.1, -0.05) is 12.1 Å². The molecule has 1 fully saturated rings. The molecule has 0 N–H and O–H groups in total. The van der Waals surface area contributed by atoms with Crippen LogP contribution >= 0.6 is 0 Å². The number of piperazine rings is 1. The van der Waals surface area contributed by atoms with Crippen molar-refractivity contribution in [2.75, 3.05) is 58.4 Å². The summed E-state index contributed by atoms with van der Waals surface area (Å²) in [5.74, 6) is 1.35. The van der Waals surface area contributed by atoms with Crippen LogP contribution in [0.2, 0.25) is 0 Å². The second kappa shape index (κ2) is 9.39. The number of imide groups is 1. The molecule has 2 aliphatic rings. The van der Waals surface area contributed by atoms with E-state index in [0.717, 1.165) is 62.8 Å². The summed E-state index contributed by atoms with van der Waals surface area (Å²) in [6, 6.07) is 12.9. The average Bonchev–Trinajstić information content (AvgIpc) is 3.06. The lowest BCUT2D eigenvalue weighted by atomic mass is 10.1. The minimum Gasteiger partial charge on any atom is -0.497 e. The van der Waals surface area contributed by atoms with E-state index in [9.17, 15) is 9.59 Å². The number of carbonyl (C=O) groups excluding carboxylic acids is 2.